The lowest BCUT2D eigenvalue weighted by Gasteiger charge is -2.02. The van der Waals surface area contributed by atoms with Gasteiger partial charge in [-0.3, -0.25) is 4.98 Å². The average Bonchev–Trinajstić information content (AvgIpc) is 2.19. The smallest absolute Gasteiger partial charge is 0.150 e. The number of anilines is 3. The van der Waals surface area contributed by atoms with Crippen molar-refractivity contribution in [2.24, 2.45) is 0 Å². The van der Waals surface area contributed by atoms with Crippen molar-refractivity contribution in [3.8, 4) is 0 Å². The van der Waals surface area contributed by atoms with Crippen LogP contribution in [0, 0.1) is 0 Å². The van der Waals surface area contributed by atoms with Crippen molar-refractivity contribution in [3.05, 3.63) is 31.0 Å². The van der Waals surface area contributed by atoms with Crippen molar-refractivity contribution in [2.45, 2.75) is 0 Å². The van der Waals surface area contributed by atoms with Crippen LogP contribution in [0.1, 0.15) is 0 Å². The second-order valence-electron chi connectivity index (χ2n) is 2.54. The van der Waals surface area contributed by atoms with Gasteiger partial charge in [-0.15, -0.1) is 0 Å². The monoisotopic (exact) mass is 188 g/mol. The number of hydrogen-bond donors (Lipinski definition) is 2. The third-order valence-corrected chi connectivity index (χ3v) is 1.51. The zero-order valence-electron chi connectivity index (χ0n) is 7.25. The molecule has 0 aliphatic rings. The maximum Gasteiger partial charge on any atom is 0.150 e. The van der Waals surface area contributed by atoms with E-state index in [4.69, 9.17) is 5.73 Å². The van der Waals surface area contributed by atoms with Crippen LogP contribution >= 0.6 is 0 Å². The van der Waals surface area contributed by atoms with E-state index in [9.17, 15) is 0 Å². The van der Waals surface area contributed by atoms with Gasteiger partial charge in [-0.05, 0) is 0 Å². The molecule has 0 amide bonds. The molecule has 0 unspecified atom stereocenters. The molecule has 70 valence electrons. The number of rotatable bonds is 2. The van der Waals surface area contributed by atoms with Crippen molar-refractivity contribution >= 4 is 17.5 Å². The Hall–Kier alpha value is -2.24. The van der Waals surface area contributed by atoms with Crippen molar-refractivity contribution in [3.63, 3.8) is 0 Å². The first-order valence-corrected chi connectivity index (χ1v) is 3.95. The number of hydrogen-bond acceptors (Lipinski definition) is 6. The highest BCUT2D eigenvalue weighted by atomic mass is 15.1. The second kappa shape index (κ2) is 3.65. The Labute approximate surface area is 80.3 Å². The van der Waals surface area contributed by atoms with Gasteiger partial charge in [0.1, 0.15) is 23.8 Å². The van der Waals surface area contributed by atoms with Crippen LogP contribution in [0.25, 0.3) is 0 Å². The first-order valence-electron chi connectivity index (χ1n) is 3.95. The normalized spacial score (nSPS) is 9.71. The molecule has 2 aromatic rings. The van der Waals surface area contributed by atoms with E-state index in [2.05, 4.69) is 25.3 Å². The summed E-state index contributed by atoms with van der Waals surface area (Å²) in [5.41, 5.74) is 5.49. The maximum atomic E-state index is 5.49. The summed E-state index contributed by atoms with van der Waals surface area (Å²) in [6, 6.07) is 1.62. The van der Waals surface area contributed by atoms with Gasteiger partial charge in [-0.1, -0.05) is 0 Å². The highest BCUT2D eigenvalue weighted by molar-refractivity contribution is 5.53. The number of nitrogen functional groups attached to an aromatic ring is 1. The third kappa shape index (κ3) is 1.92. The summed E-state index contributed by atoms with van der Waals surface area (Å²) in [5, 5.41) is 2.94. The molecule has 0 atom stereocenters. The molecule has 6 heteroatoms. The van der Waals surface area contributed by atoms with Gasteiger partial charge in [0.25, 0.3) is 0 Å². The minimum atomic E-state index is 0.409. The third-order valence-electron chi connectivity index (χ3n) is 1.51. The first-order chi connectivity index (χ1) is 6.84. The average molecular weight is 188 g/mol. The van der Waals surface area contributed by atoms with E-state index in [0.29, 0.717) is 17.5 Å². The fourth-order valence-electron chi connectivity index (χ4n) is 0.936. The number of nitrogens with zero attached hydrogens (tertiary/aromatic N) is 4. The van der Waals surface area contributed by atoms with Gasteiger partial charge in [0.15, 0.2) is 0 Å². The molecule has 2 aromatic heterocycles. The lowest BCUT2D eigenvalue weighted by atomic mass is 10.5. The SMILES string of the molecule is Nc1cc(Nc2cnccn2)ncn1. The molecule has 2 rings (SSSR count). The predicted molar refractivity (Wildman–Crippen MR) is 51.8 cm³/mol. The van der Waals surface area contributed by atoms with Crippen molar-refractivity contribution in [1.82, 2.24) is 19.9 Å². The molecular weight excluding hydrogens is 180 g/mol. The molecule has 0 aliphatic carbocycles. The van der Waals surface area contributed by atoms with Crippen LogP contribution < -0.4 is 11.1 Å². The summed E-state index contributed by atoms with van der Waals surface area (Å²) >= 11 is 0. The molecule has 0 bridgehead atoms. The summed E-state index contributed by atoms with van der Waals surface area (Å²) in [7, 11) is 0. The molecule has 0 radical (unpaired) electrons. The number of nitrogens with one attached hydrogen (secondary N) is 1. The molecule has 0 saturated heterocycles. The van der Waals surface area contributed by atoms with Gasteiger partial charge in [-0.25, -0.2) is 15.0 Å². The van der Waals surface area contributed by atoms with Crippen LogP contribution in [0.4, 0.5) is 17.5 Å². The van der Waals surface area contributed by atoms with Crippen LogP contribution in [-0.4, -0.2) is 19.9 Å². The summed E-state index contributed by atoms with van der Waals surface area (Å²) in [4.78, 5) is 15.7. The molecule has 6 nitrogen and oxygen atoms in total. The maximum absolute atomic E-state index is 5.49. The molecule has 2 heterocycles. The van der Waals surface area contributed by atoms with E-state index in [1.54, 1.807) is 24.7 Å². The van der Waals surface area contributed by atoms with E-state index in [0.717, 1.165) is 0 Å². The molecule has 0 spiro atoms. The van der Waals surface area contributed by atoms with Crippen molar-refractivity contribution in [1.29, 1.82) is 0 Å². The summed E-state index contributed by atoms with van der Waals surface area (Å²) in [6.07, 6.45) is 6.17. The quantitative estimate of drug-likeness (QED) is 0.717. The lowest BCUT2D eigenvalue weighted by Crippen LogP contribution is -1.98. The molecule has 0 saturated carbocycles. The largest absolute Gasteiger partial charge is 0.384 e. The molecule has 3 N–H and O–H groups in total. The van der Waals surface area contributed by atoms with Gasteiger partial charge in [0.2, 0.25) is 0 Å². The van der Waals surface area contributed by atoms with E-state index in [1.165, 1.54) is 6.33 Å². The van der Waals surface area contributed by atoms with E-state index in [-0.39, 0.29) is 0 Å². The Balaban J connectivity index is 2.19. The highest BCUT2D eigenvalue weighted by Gasteiger charge is 1.96. The highest BCUT2D eigenvalue weighted by Crippen LogP contribution is 2.10. The van der Waals surface area contributed by atoms with E-state index >= 15 is 0 Å². The Kier molecular flexibility index (Phi) is 2.18. The van der Waals surface area contributed by atoms with Crippen LogP contribution in [0.5, 0.6) is 0 Å². The first kappa shape index (κ1) is 8.36. The minimum absolute atomic E-state index is 0.409. The Morgan fingerprint density at radius 1 is 1.07 bits per heavy atom. The topological polar surface area (TPSA) is 89.6 Å². The van der Waals surface area contributed by atoms with Gasteiger partial charge in [0, 0.05) is 18.5 Å². The van der Waals surface area contributed by atoms with Gasteiger partial charge >= 0.3 is 0 Å². The second-order valence-corrected chi connectivity index (χ2v) is 2.54. The summed E-state index contributed by atoms with van der Waals surface area (Å²) in [5.74, 6) is 1.62. The fraction of sp³-hybridized carbons (Fsp3) is 0. The van der Waals surface area contributed by atoms with Gasteiger partial charge in [0.05, 0.1) is 6.20 Å². The molecule has 0 aromatic carbocycles. The lowest BCUT2D eigenvalue weighted by molar-refractivity contribution is 1.15. The molecular formula is C8H8N6. The zero-order chi connectivity index (χ0) is 9.80. The molecule has 14 heavy (non-hydrogen) atoms. The van der Waals surface area contributed by atoms with E-state index < -0.39 is 0 Å². The Morgan fingerprint density at radius 3 is 2.71 bits per heavy atom. The summed E-state index contributed by atoms with van der Waals surface area (Å²) < 4.78 is 0. The van der Waals surface area contributed by atoms with Gasteiger partial charge < -0.3 is 11.1 Å². The van der Waals surface area contributed by atoms with Crippen LogP contribution in [0.3, 0.4) is 0 Å². The Bertz CT molecular complexity index is 415. The minimum Gasteiger partial charge on any atom is -0.384 e. The van der Waals surface area contributed by atoms with Crippen molar-refractivity contribution in [2.75, 3.05) is 11.1 Å². The molecule has 0 fully saturated rings. The van der Waals surface area contributed by atoms with Crippen LogP contribution in [0.15, 0.2) is 31.0 Å². The van der Waals surface area contributed by atoms with E-state index in [1.807, 2.05) is 0 Å². The zero-order valence-corrected chi connectivity index (χ0v) is 7.25. The number of nitrogens with two attached hydrogens (primary N) is 1. The summed E-state index contributed by atoms with van der Waals surface area (Å²) in [6.45, 7) is 0. The van der Waals surface area contributed by atoms with Crippen LogP contribution in [0.2, 0.25) is 0 Å². The van der Waals surface area contributed by atoms with Gasteiger partial charge in [-0.2, -0.15) is 0 Å². The standard InChI is InChI=1S/C8H8N6/c9-6-3-7(13-5-12-6)14-8-4-10-1-2-11-8/h1-5H,(H3,9,11,12,13,14). The predicted octanol–water partition coefficient (Wildman–Crippen LogP) is 0.592. The Morgan fingerprint density at radius 2 is 2.00 bits per heavy atom. The molecule has 0 aliphatic heterocycles. The van der Waals surface area contributed by atoms with Crippen molar-refractivity contribution < 1.29 is 0 Å². The van der Waals surface area contributed by atoms with Crippen LogP contribution in [-0.2, 0) is 0 Å². The number of aromatic nitrogens is 4. The fourth-order valence-corrected chi connectivity index (χ4v) is 0.936.